The predicted octanol–water partition coefficient (Wildman–Crippen LogP) is 2.76. The van der Waals surface area contributed by atoms with Crippen molar-refractivity contribution in [2.75, 3.05) is 7.11 Å². The number of aromatic nitrogens is 2. The van der Waals surface area contributed by atoms with E-state index in [-0.39, 0.29) is 28.4 Å². The van der Waals surface area contributed by atoms with Crippen molar-refractivity contribution in [1.29, 1.82) is 0 Å². The second-order valence-electron chi connectivity index (χ2n) is 5.66. The first kappa shape index (κ1) is 18.1. The van der Waals surface area contributed by atoms with Gasteiger partial charge in [-0.25, -0.2) is 9.78 Å². The zero-order valence-electron chi connectivity index (χ0n) is 14.5. The van der Waals surface area contributed by atoms with Crippen molar-refractivity contribution in [1.82, 2.24) is 9.97 Å². The largest absolute Gasteiger partial charge is 0.496 e. The number of nitro groups is 1. The van der Waals surface area contributed by atoms with Crippen LogP contribution >= 0.6 is 0 Å². The number of H-pyrrole nitrogens is 1. The smallest absolute Gasteiger partial charge is 0.342 e. The molecule has 0 bridgehead atoms. The van der Waals surface area contributed by atoms with E-state index >= 15 is 0 Å². The number of nitrogens with zero attached hydrogens (tertiary/aromatic N) is 2. The first-order valence-electron chi connectivity index (χ1n) is 7.93. The van der Waals surface area contributed by atoms with Gasteiger partial charge in [-0.15, -0.1) is 0 Å². The summed E-state index contributed by atoms with van der Waals surface area (Å²) in [6.45, 7) is 1.54. The molecule has 1 heterocycles. The van der Waals surface area contributed by atoms with E-state index < -0.39 is 17.0 Å². The number of para-hydroxylation sites is 1. The minimum Gasteiger partial charge on any atom is -0.496 e. The van der Waals surface area contributed by atoms with E-state index in [0.29, 0.717) is 10.9 Å². The highest BCUT2D eigenvalue weighted by Crippen LogP contribution is 2.26. The van der Waals surface area contributed by atoms with Gasteiger partial charge in [0.05, 0.1) is 22.9 Å². The fraction of sp³-hybridized carbons (Fsp3) is 0.167. The zero-order chi connectivity index (χ0) is 19.6. The van der Waals surface area contributed by atoms with Crippen molar-refractivity contribution in [3.8, 4) is 5.75 Å². The van der Waals surface area contributed by atoms with Crippen LogP contribution in [0.1, 0.15) is 29.2 Å². The molecule has 0 saturated carbocycles. The summed E-state index contributed by atoms with van der Waals surface area (Å²) in [6.07, 6.45) is -0.890. The van der Waals surface area contributed by atoms with Crippen molar-refractivity contribution < 1.29 is 19.2 Å². The summed E-state index contributed by atoms with van der Waals surface area (Å²) in [4.78, 5) is 41.8. The molecule has 0 aliphatic carbocycles. The average molecular weight is 369 g/mol. The Labute approximate surface area is 152 Å². The number of non-ortho nitro benzene ring substituents is 1. The summed E-state index contributed by atoms with van der Waals surface area (Å²) < 4.78 is 10.4. The lowest BCUT2D eigenvalue weighted by Crippen LogP contribution is -2.17. The molecule has 9 nitrogen and oxygen atoms in total. The number of carbonyl (C=O) groups excluding carboxylic acids is 1. The molecular formula is C18H15N3O6. The second-order valence-corrected chi connectivity index (χ2v) is 5.66. The van der Waals surface area contributed by atoms with Gasteiger partial charge in [-0.3, -0.25) is 14.9 Å². The van der Waals surface area contributed by atoms with Crippen molar-refractivity contribution in [2.24, 2.45) is 0 Å². The van der Waals surface area contributed by atoms with Gasteiger partial charge in [0.15, 0.2) is 11.9 Å². The minimum atomic E-state index is -0.890. The summed E-state index contributed by atoms with van der Waals surface area (Å²) in [5.74, 6) is -0.534. The lowest BCUT2D eigenvalue weighted by atomic mass is 10.1. The quantitative estimate of drug-likeness (QED) is 0.416. The molecule has 1 N–H and O–H groups in total. The Kier molecular flexibility index (Phi) is 4.84. The van der Waals surface area contributed by atoms with Crippen LogP contribution in [-0.2, 0) is 4.74 Å². The molecule has 138 valence electrons. The van der Waals surface area contributed by atoms with E-state index in [1.165, 1.54) is 26.2 Å². The van der Waals surface area contributed by atoms with Gasteiger partial charge in [0.2, 0.25) is 0 Å². The van der Waals surface area contributed by atoms with Gasteiger partial charge in [-0.2, -0.15) is 0 Å². The zero-order valence-corrected chi connectivity index (χ0v) is 14.5. The molecule has 0 saturated heterocycles. The fourth-order valence-corrected chi connectivity index (χ4v) is 2.55. The van der Waals surface area contributed by atoms with Gasteiger partial charge < -0.3 is 14.5 Å². The third-order valence-electron chi connectivity index (χ3n) is 3.91. The van der Waals surface area contributed by atoms with Crippen LogP contribution in [0.4, 0.5) is 5.69 Å². The molecule has 0 amide bonds. The summed E-state index contributed by atoms with van der Waals surface area (Å²) >= 11 is 0. The van der Waals surface area contributed by atoms with Crippen molar-refractivity contribution in [3.63, 3.8) is 0 Å². The fourth-order valence-electron chi connectivity index (χ4n) is 2.55. The number of ether oxygens (including phenoxy) is 2. The van der Waals surface area contributed by atoms with Gasteiger partial charge in [-0.1, -0.05) is 12.1 Å². The van der Waals surface area contributed by atoms with Crippen LogP contribution in [0.2, 0.25) is 0 Å². The molecule has 0 unspecified atom stereocenters. The summed E-state index contributed by atoms with van der Waals surface area (Å²) in [5.41, 5.74) is -0.257. The number of aromatic amines is 1. The Morgan fingerprint density at radius 1 is 1.26 bits per heavy atom. The Balaban J connectivity index is 1.91. The number of esters is 1. The Morgan fingerprint density at radius 3 is 2.70 bits per heavy atom. The monoisotopic (exact) mass is 369 g/mol. The van der Waals surface area contributed by atoms with E-state index in [1.807, 2.05) is 0 Å². The van der Waals surface area contributed by atoms with Gasteiger partial charge in [0, 0.05) is 12.1 Å². The van der Waals surface area contributed by atoms with E-state index in [2.05, 4.69) is 9.97 Å². The second kappa shape index (κ2) is 7.24. The summed E-state index contributed by atoms with van der Waals surface area (Å²) in [5, 5.41) is 11.4. The van der Waals surface area contributed by atoms with Crippen LogP contribution in [0.25, 0.3) is 10.9 Å². The van der Waals surface area contributed by atoms with Crippen LogP contribution in [0.5, 0.6) is 5.75 Å². The molecule has 0 aliphatic heterocycles. The van der Waals surface area contributed by atoms with Crippen molar-refractivity contribution >= 4 is 22.6 Å². The number of carbonyl (C=O) groups is 1. The molecule has 1 aromatic heterocycles. The van der Waals surface area contributed by atoms with E-state index in [1.54, 1.807) is 24.3 Å². The van der Waals surface area contributed by atoms with E-state index in [9.17, 15) is 19.7 Å². The Hall–Kier alpha value is -3.75. The highest BCUT2D eigenvalue weighted by atomic mass is 16.6. The maximum atomic E-state index is 12.5. The number of benzene rings is 2. The number of fused-ring (bicyclic) bond motifs is 1. The molecular weight excluding hydrogens is 354 g/mol. The normalized spacial score (nSPS) is 11.8. The van der Waals surface area contributed by atoms with Crippen LogP contribution < -0.4 is 10.3 Å². The molecule has 0 radical (unpaired) electrons. The first-order valence-corrected chi connectivity index (χ1v) is 7.93. The number of nitrogens with one attached hydrogen (secondary N) is 1. The van der Waals surface area contributed by atoms with Crippen LogP contribution in [0, 0.1) is 10.1 Å². The highest BCUT2D eigenvalue weighted by Gasteiger charge is 2.22. The van der Waals surface area contributed by atoms with E-state index in [4.69, 9.17) is 9.47 Å². The standard InChI is InChI=1S/C18H15N3O6/c1-10(16-19-14-6-4-3-5-12(14)17(22)20-16)27-18(23)13-9-11(21(24)25)7-8-15(13)26-2/h3-10H,1-2H3,(H,19,20,22)/t10-/m1/s1. The number of rotatable bonds is 5. The van der Waals surface area contributed by atoms with Gasteiger partial charge in [0.1, 0.15) is 11.3 Å². The molecule has 3 aromatic rings. The molecule has 0 aliphatic rings. The van der Waals surface area contributed by atoms with Crippen molar-refractivity contribution in [3.05, 3.63) is 74.3 Å². The molecule has 9 heteroatoms. The Bertz CT molecular complexity index is 1090. The maximum absolute atomic E-state index is 12.5. The third-order valence-corrected chi connectivity index (χ3v) is 3.91. The highest BCUT2D eigenvalue weighted by molar-refractivity contribution is 5.93. The molecule has 27 heavy (non-hydrogen) atoms. The number of hydrogen-bond acceptors (Lipinski definition) is 7. The van der Waals surface area contributed by atoms with Gasteiger partial charge >= 0.3 is 5.97 Å². The molecule has 2 aromatic carbocycles. The van der Waals surface area contributed by atoms with Crippen LogP contribution in [0.3, 0.4) is 0 Å². The SMILES string of the molecule is COc1ccc([N+](=O)[O-])cc1C(=O)O[C@H](C)c1nc2ccccc2c(=O)[nH]1. The molecule has 0 spiro atoms. The molecule has 0 fully saturated rings. The minimum absolute atomic E-state index is 0.0957. The lowest BCUT2D eigenvalue weighted by molar-refractivity contribution is -0.384. The van der Waals surface area contributed by atoms with Crippen LogP contribution in [-0.4, -0.2) is 28.0 Å². The Morgan fingerprint density at radius 2 is 2.00 bits per heavy atom. The average Bonchev–Trinajstić information content (AvgIpc) is 2.67. The number of methoxy groups -OCH3 is 1. The number of hydrogen-bond donors (Lipinski definition) is 1. The lowest BCUT2D eigenvalue weighted by Gasteiger charge is -2.14. The van der Waals surface area contributed by atoms with E-state index in [0.717, 1.165) is 6.07 Å². The van der Waals surface area contributed by atoms with Crippen molar-refractivity contribution in [2.45, 2.75) is 13.0 Å². The number of nitro benzene ring substituents is 1. The molecule has 3 rings (SSSR count). The van der Waals surface area contributed by atoms with Gasteiger partial charge in [0.25, 0.3) is 11.2 Å². The predicted molar refractivity (Wildman–Crippen MR) is 95.8 cm³/mol. The topological polar surface area (TPSA) is 124 Å². The first-order chi connectivity index (χ1) is 12.9. The molecule has 1 atom stereocenters. The maximum Gasteiger partial charge on any atom is 0.342 e. The third kappa shape index (κ3) is 3.61. The van der Waals surface area contributed by atoms with Gasteiger partial charge in [-0.05, 0) is 25.1 Å². The summed E-state index contributed by atoms with van der Waals surface area (Å²) in [6, 6.07) is 10.4. The van der Waals surface area contributed by atoms with Crippen LogP contribution in [0.15, 0.2) is 47.3 Å². The summed E-state index contributed by atoms with van der Waals surface area (Å²) in [7, 11) is 1.34.